The summed E-state index contributed by atoms with van der Waals surface area (Å²) in [6.07, 6.45) is 1.63. The molecule has 1 amide bonds. The summed E-state index contributed by atoms with van der Waals surface area (Å²) in [6.45, 7) is 1.82. The molecule has 0 saturated carbocycles. The Kier molecular flexibility index (Phi) is 4.99. The maximum atomic E-state index is 11.9. The van der Waals surface area contributed by atoms with Crippen molar-refractivity contribution in [3.8, 4) is 11.5 Å². The third-order valence-corrected chi connectivity index (χ3v) is 3.75. The van der Waals surface area contributed by atoms with Gasteiger partial charge in [-0.25, -0.2) is 5.43 Å². The number of carbonyl (C=O) groups excluding carboxylic acids is 1. The number of carbonyl (C=O) groups is 1. The molecule has 0 saturated heterocycles. The summed E-state index contributed by atoms with van der Waals surface area (Å²) in [7, 11) is 1.55. The fourth-order valence-corrected chi connectivity index (χ4v) is 2.55. The van der Waals surface area contributed by atoms with Crippen LogP contribution >= 0.6 is 0 Å². The lowest BCUT2D eigenvalue weighted by Gasteiger charge is -2.09. The van der Waals surface area contributed by atoms with Crippen LogP contribution in [0.3, 0.4) is 0 Å². The molecule has 0 bridgehead atoms. The van der Waals surface area contributed by atoms with Crippen molar-refractivity contribution in [1.82, 2.24) is 10.4 Å². The van der Waals surface area contributed by atoms with Crippen LogP contribution in [0.4, 0.5) is 0 Å². The van der Waals surface area contributed by atoms with Gasteiger partial charge in [0.2, 0.25) is 0 Å². The van der Waals surface area contributed by atoms with Gasteiger partial charge >= 0.3 is 0 Å². The highest BCUT2D eigenvalue weighted by atomic mass is 16.5. The van der Waals surface area contributed by atoms with Gasteiger partial charge in [0.05, 0.1) is 13.3 Å². The van der Waals surface area contributed by atoms with Crippen molar-refractivity contribution in [3.63, 3.8) is 0 Å². The predicted molar refractivity (Wildman–Crippen MR) is 97.3 cm³/mol. The van der Waals surface area contributed by atoms with Crippen molar-refractivity contribution in [2.75, 3.05) is 13.7 Å². The molecule has 0 unspecified atom stereocenters. The molecule has 3 rings (SSSR count). The Morgan fingerprint density at radius 3 is 2.68 bits per heavy atom. The number of aromatic nitrogens is 1. The average molecular weight is 337 g/mol. The zero-order valence-corrected chi connectivity index (χ0v) is 14.1. The van der Waals surface area contributed by atoms with Gasteiger partial charge in [-0.05, 0) is 25.1 Å². The van der Waals surface area contributed by atoms with E-state index in [1.165, 1.54) is 0 Å². The lowest BCUT2D eigenvalue weighted by atomic mass is 10.1. The number of hydrazone groups is 1. The predicted octanol–water partition coefficient (Wildman–Crippen LogP) is 3.01. The molecule has 1 aromatic heterocycles. The Hall–Kier alpha value is -3.28. The summed E-state index contributed by atoms with van der Waals surface area (Å²) in [5, 5.41) is 5.08. The zero-order chi connectivity index (χ0) is 17.6. The number of rotatable bonds is 6. The van der Waals surface area contributed by atoms with E-state index in [1.807, 2.05) is 43.3 Å². The summed E-state index contributed by atoms with van der Waals surface area (Å²) in [4.78, 5) is 15.2. The van der Waals surface area contributed by atoms with E-state index in [4.69, 9.17) is 9.47 Å². The zero-order valence-electron chi connectivity index (χ0n) is 14.1. The second-order valence-corrected chi connectivity index (χ2v) is 5.44. The first kappa shape index (κ1) is 16.6. The summed E-state index contributed by atoms with van der Waals surface area (Å²) in [5.74, 6) is 0.740. The Morgan fingerprint density at radius 2 is 1.88 bits per heavy atom. The molecule has 0 fully saturated rings. The van der Waals surface area contributed by atoms with Crippen LogP contribution in [-0.4, -0.2) is 30.8 Å². The molecule has 25 heavy (non-hydrogen) atoms. The molecule has 0 aliphatic carbocycles. The molecule has 0 spiro atoms. The van der Waals surface area contributed by atoms with Crippen LogP contribution in [-0.2, 0) is 4.79 Å². The number of methoxy groups -OCH3 is 1. The number of aryl methyl sites for hydroxylation is 1. The minimum absolute atomic E-state index is 0.148. The monoisotopic (exact) mass is 337 g/mol. The maximum Gasteiger partial charge on any atom is 0.277 e. The highest BCUT2D eigenvalue weighted by Gasteiger charge is 2.07. The topological polar surface area (TPSA) is 75.7 Å². The van der Waals surface area contributed by atoms with Crippen LogP contribution in [0.1, 0.15) is 11.3 Å². The summed E-state index contributed by atoms with van der Waals surface area (Å²) < 4.78 is 10.6. The molecular weight excluding hydrogens is 318 g/mol. The molecule has 1 heterocycles. The van der Waals surface area contributed by atoms with Crippen LogP contribution in [0.15, 0.2) is 53.6 Å². The molecule has 0 aliphatic rings. The second-order valence-electron chi connectivity index (χ2n) is 5.44. The smallest absolute Gasteiger partial charge is 0.277 e. The normalized spacial score (nSPS) is 11.0. The van der Waals surface area contributed by atoms with E-state index in [1.54, 1.807) is 25.5 Å². The van der Waals surface area contributed by atoms with Crippen LogP contribution in [0.25, 0.3) is 10.9 Å². The highest BCUT2D eigenvalue weighted by Crippen LogP contribution is 2.25. The summed E-state index contributed by atoms with van der Waals surface area (Å²) >= 11 is 0. The minimum atomic E-state index is -0.348. The van der Waals surface area contributed by atoms with Gasteiger partial charge in [0.25, 0.3) is 5.91 Å². The number of nitrogens with zero attached hydrogens (tertiary/aromatic N) is 1. The number of nitrogens with one attached hydrogen (secondary N) is 2. The number of hydrogen-bond donors (Lipinski definition) is 2. The number of benzene rings is 2. The molecule has 0 aliphatic heterocycles. The molecule has 128 valence electrons. The average Bonchev–Trinajstić information content (AvgIpc) is 2.96. The van der Waals surface area contributed by atoms with Crippen LogP contribution in [0.2, 0.25) is 0 Å². The van der Waals surface area contributed by atoms with Crippen molar-refractivity contribution in [1.29, 1.82) is 0 Å². The lowest BCUT2D eigenvalue weighted by Crippen LogP contribution is -2.24. The van der Waals surface area contributed by atoms with E-state index >= 15 is 0 Å². The minimum Gasteiger partial charge on any atom is -0.493 e. The first-order chi connectivity index (χ1) is 12.2. The van der Waals surface area contributed by atoms with Gasteiger partial charge in [0.1, 0.15) is 0 Å². The first-order valence-corrected chi connectivity index (χ1v) is 7.84. The quantitative estimate of drug-likeness (QED) is 0.536. The molecule has 0 atom stereocenters. The van der Waals surface area contributed by atoms with Crippen molar-refractivity contribution < 1.29 is 14.3 Å². The molecular formula is C19H19N3O3. The fraction of sp³-hybridized carbons (Fsp3) is 0.158. The van der Waals surface area contributed by atoms with Crippen molar-refractivity contribution in [2.24, 2.45) is 5.10 Å². The summed E-state index contributed by atoms with van der Waals surface area (Å²) in [6, 6.07) is 15.1. The summed E-state index contributed by atoms with van der Waals surface area (Å²) in [5.41, 5.74) is 5.44. The van der Waals surface area contributed by atoms with Gasteiger partial charge in [0.15, 0.2) is 18.1 Å². The van der Waals surface area contributed by atoms with Gasteiger partial charge in [-0.1, -0.05) is 30.3 Å². The maximum absolute atomic E-state index is 11.9. The van der Waals surface area contributed by atoms with E-state index in [0.29, 0.717) is 11.5 Å². The van der Waals surface area contributed by atoms with E-state index in [0.717, 1.165) is 22.2 Å². The van der Waals surface area contributed by atoms with Crippen LogP contribution in [0, 0.1) is 6.92 Å². The number of ether oxygens (including phenoxy) is 2. The Balaban J connectivity index is 1.60. The van der Waals surface area contributed by atoms with Crippen molar-refractivity contribution in [2.45, 2.75) is 6.92 Å². The van der Waals surface area contributed by atoms with Gasteiger partial charge < -0.3 is 14.5 Å². The van der Waals surface area contributed by atoms with Crippen LogP contribution < -0.4 is 14.9 Å². The van der Waals surface area contributed by atoms with Crippen LogP contribution in [0.5, 0.6) is 11.5 Å². The SMILES string of the molecule is COc1ccccc1OCC(=O)N/N=C/c1c(C)[nH]c2ccccc12. The number of fused-ring (bicyclic) bond motifs is 1. The van der Waals surface area contributed by atoms with Gasteiger partial charge in [-0.3, -0.25) is 4.79 Å². The number of H-pyrrole nitrogens is 1. The third kappa shape index (κ3) is 3.80. The third-order valence-electron chi connectivity index (χ3n) is 3.75. The van der Waals surface area contributed by atoms with E-state index in [-0.39, 0.29) is 12.5 Å². The Morgan fingerprint density at radius 1 is 1.16 bits per heavy atom. The molecule has 6 nitrogen and oxygen atoms in total. The van der Waals surface area contributed by atoms with Gasteiger partial charge in [0, 0.05) is 22.2 Å². The molecule has 3 aromatic rings. The lowest BCUT2D eigenvalue weighted by molar-refractivity contribution is -0.123. The van der Waals surface area contributed by atoms with E-state index in [9.17, 15) is 4.79 Å². The molecule has 0 radical (unpaired) electrons. The van der Waals surface area contributed by atoms with Gasteiger partial charge in [-0.2, -0.15) is 5.10 Å². The number of para-hydroxylation sites is 3. The Bertz CT molecular complexity index is 915. The van der Waals surface area contributed by atoms with Crippen molar-refractivity contribution >= 4 is 23.0 Å². The van der Waals surface area contributed by atoms with Gasteiger partial charge in [-0.15, -0.1) is 0 Å². The number of amides is 1. The Labute approximate surface area is 145 Å². The molecule has 2 N–H and O–H groups in total. The van der Waals surface area contributed by atoms with Crippen molar-refractivity contribution in [3.05, 3.63) is 59.8 Å². The molecule has 6 heteroatoms. The number of hydrogen-bond acceptors (Lipinski definition) is 4. The highest BCUT2D eigenvalue weighted by molar-refractivity contribution is 6.00. The largest absolute Gasteiger partial charge is 0.493 e. The standard InChI is InChI=1S/C19H19N3O3/c1-13-15(14-7-3-4-8-16(14)21-13)11-20-22-19(23)12-25-18-10-6-5-9-17(18)24-2/h3-11,21H,12H2,1-2H3,(H,22,23)/b20-11+. The van der Waals surface area contributed by atoms with E-state index < -0.39 is 0 Å². The fourth-order valence-electron chi connectivity index (χ4n) is 2.55. The second kappa shape index (κ2) is 7.53. The molecule has 2 aromatic carbocycles. The number of aromatic amines is 1. The van der Waals surface area contributed by atoms with E-state index in [2.05, 4.69) is 15.5 Å². The first-order valence-electron chi connectivity index (χ1n) is 7.84.